The van der Waals surface area contributed by atoms with Crippen LogP contribution in [-0.2, 0) is 14.3 Å². The van der Waals surface area contributed by atoms with Gasteiger partial charge in [0.05, 0.1) is 6.10 Å². The van der Waals surface area contributed by atoms with Crippen LogP contribution in [0.15, 0.2) is 0 Å². The highest BCUT2D eigenvalue weighted by Gasteiger charge is 2.52. The molecule has 1 aliphatic rings. The largest absolute Gasteiger partial charge is 0.523 e. The van der Waals surface area contributed by atoms with Crippen molar-refractivity contribution < 1.29 is 25.8 Å². The van der Waals surface area contributed by atoms with Gasteiger partial charge in [0.1, 0.15) is 0 Å². The van der Waals surface area contributed by atoms with Crippen LogP contribution in [0.2, 0.25) is 0 Å². The summed E-state index contributed by atoms with van der Waals surface area (Å²) in [7, 11) is -5.44. The van der Waals surface area contributed by atoms with Crippen molar-refractivity contribution in [3.8, 4) is 0 Å². The minimum atomic E-state index is -5.44. The van der Waals surface area contributed by atoms with Crippen molar-refractivity contribution >= 4 is 10.1 Å². The van der Waals surface area contributed by atoms with Gasteiger partial charge < -0.3 is 0 Å². The molecular formula is C7H11F3O3S. The molecule has 1 atom stereocenters. The van der Waals surface area contributed by atoms with Crippen LogP contribution in [0.3, 0.4) is 0 Å². The smallest absolute Gasteiger partial charge is 0.260 e. The van der Waals surface area contributed by atoms with Gasteiger partial charge in [0.2, 0.25) is 0 Å². The van der Waals surface area contributed by atoms with Crippen molar-refractivity contribution in [2.24, 2.45) is 5.41 Å². The summed E-state index contributed by atoms with van der Waals surface area (Å²) in [5, 5.41) is 0. The van der Waals surface area contributed by atoms with E-state index in [1.165, 1.54) is 6.92 Å². The van der Waals surface area contributed by atoms with Crippen LogP contribution >= 0.6 is 0 Å². The van der Waals surface area contributed by atoms with Gasteiger partial charge in [0, 0.05) is 0 Å². The fourth-order valence-corrected chi connectivity index (χ4v) is 1.69. The lowest BCUT2D eigenvalue weighted by Crippen LogP contribution is -2.32. The maximum atomic E-state index is 11.9. The molecule has 0 amide bonds. The third-order valence-corrected chi connectivity index (χ3v) is 3.68. The zero-order chi connectivity index (χ0) is 11.2. The first-order valence-corrected chi connectivity index (χ1v) is 5.49. The molecule has 1 fully saturated rings. The van der Waals surface area contributed by atoms with Crippen LogP contribution in [0.4, 0.5) is 13.2 Å². The van der Waals surface area contributed by atoms with E-state index in [2.05, 4.69) is 4.18 Å². The molecule has 7 heteroatoms. The quantitative estimate of drug-likeness (QED) is 0.552. The van der Waals surface area contributed by atoms with Crippen molar-refractivity contribution in [3.63, 3.8) is 0 Å². The fourth-order valence-electron chi connectivity index (χ4n) is 0.964. The van der Waals surface area contributed by atoms with E-state index in [-0.39, 0.29) is 0 Å². The SMILES string of the molecule is CC(OS(=O)(=O)C(F)(F)F)C1(C)CC1. The predicted molar refractivity (Wildman–Crippen MR) is 42.9 cm³/mol. The summed E-state index contributed by atoms with van der Waals surface area (Å²) >= 11 is 0. The fraction of sp³-hybridized carbons (Fsp3) is 1.00. The molecule has 0 aromatic heterocycles. The van der Waals surface area contributed by atoms with Crippen LogP contribution in [0.1, 0.15) is 26.7 Å². The summed E-state index contributed by atoms with van der Waals surface area (Å²) in [6.07, 6.45) is 0.470. The van der Waals surface area contributed by atoms with Gasteiger partial charge in [-0.15, -0.1) is 0 Å². The van der Waals surface area contributed by atoms with Crippen LogP contribution in [-0.4, -0.2) is 20.0 Å². The molecule has 3 nitrogen and oxygen atoms in total. The Hall–Kier alpha value is -0.300. The lowest BCUT2D eigenvalue weighted by Gasteiger charge is -2.19. The Kier molecular flexibility index (Phi) is 2.60. The zero-order valence-corrected chi connectivity index (χ0v) is 8.57. The van der Waals surface area contributed by atoms with Gasteiger partial charge in [-0.3, -0.25) is 4.18 Å². The zero-order valence-electron chi connectivity index (χ0n) is 7.76. The van der Waals surface area contributed by atoms with E-state index >= 15 is 0 Å². The lowest BCUT2D eigenvalue weighted by molar-refractivity contribution is -0.0589. The third-order valence-electron chi connectivity index (χ3n) is 2.57. The average molecular weight is 232 g/mol. The van der Waals surface area contributed by atoms with Gasteiger partial charge in [0.25, 0.3) is 0 Å². The van der Waals surface area contributed by atoms with Gasteiger partial charge >= 0.3 is 15.6 Å². The highest BCUT2D eigenvalue weighted by molar-refractivity contribution is 7.87. The van der Waals surface area contributed by atoms with E-state index in [0.29, 0.717) is 12.8 Å². The number of alkyl halides is 3. The first kappa shape index (κ1) is 11.8. The Morgan fingerprint density at radius 2 is 1.79 bits per heavy atom. The molecule has 1 aliphatic carbocycles. The molecule has 0 heterocycles. The van der Waals surface area contributed by atoms with Crippen molar-refractivity contribution in [1.82, 2.24) is 0 Å². The van der Waals surface area contributed by atoms with Gasteiger partial charge in [-0.2, -0.15) is 21.6 Å². The molecular weight excluding hydrogens is 221 g/mol. The molecule has 0 N–H and O–H groups in total. The van der Waals surface area contributed by atoms with E-state index in [0.717, 1.165) is 0 Å². The standard InChI is InChI=1S/C7H11F3O3S/c1-5(6(2)3-4-6)13-14(11,12)7(8,9)10/h5H,3-4H2,1-2H3. The first-order chi connectivity index (χ1) is 6.08. The maximum Gasteiger partial charge on any atom is 0.523 e. The van der Waals surface area contributed by atoms with E-state index in [4.69, 9.17) is 0 Å². The van der Waals surface area contributed by atoms with Crippen molar-refractivity contribution in [3.05, 3.63) is 0 Å². The van der Waals surface area contributed by atoms with Crippen LogP contribution < -0.4 is 0 Å². The molecule has 0 saturated heterocycles. The summed E-state index contributed by atoms with van der Waals surface area (Å²) in [5.41, 5.74) is -5.75. The molecule has 0 aliphatic heterocycles. The number of halogens is 3. The Morgan fingerprint density at radius 1 is 1.36 bits per heavy atom. The minimum absolute atomic E-state index is 0.418. The number of rotatable bonds is 3. The Morgan fingerprint density at radius 3 is 2.07 bits per heavy atom. The molecule has 1 saturated carbocycles. The van der Waals surface area contributed by atoms with Gasteiger partial charge in [-0.25, -0.2) is 0 Å². The van der Waals surface area contributed by atoms with Crippen molar-refractivity contribution in [2.45, 2.75) is 38.3 Å². The predicted octanol–water partition coefficient (Wildman–Crippen LogP) is 2.04. The van der Waals surface area contributed by atoms with Gasteiger partial charge in [0.15, 0.2) is 0 Å². The van der Waals surface area contributed by atoms with Gasteiger partial charge in [-0.1, -0.05) is 6.92 Å². The second kappa shape index (κ2) is 3.10. The maximum absolute atomic E-state index is 11.9. The molecule has 0 aromatic rings. The van der Waals surface area contributed by atoms with Crippen LogP contribution in [0.25, 0.3) is 0 Å². The van der Waals surface area contributed by atoms with E-state index in [1.807, 2.05) is 0 Å². The molecule has 0 spiro atoms. The lowest BCUT2D eigenvalue weighted by atomic mass is 10.0. The summed E-state index contributed by atoms with van der Waals surface area (Å²) in [6, 6.07) is 0. The summed E-state index contributed by atoms with van der Waals surface area (Å²) < 4.78 is 60.9. The molecule has 1 unspecified atom stereocenters. The van der Waals surface area contributed by atoms with Crippen LogP contribution in [0, 0.1) is 5.41 Å². The second-order valence-corrected chi connectivity index (χ2v) is 5.36. The van der Waals surface area contributed by atoms with E-state index in [9.17, 15) is 21.6 Å². The summed E-state index contributed by atoms with van der Waals surface area (Å²) in [5.74, 6) is 0. The highest BCUT2D eigenvalue weighted by Crippen LogP contribution is 2.50. The average Bonchev–Trinajstić information content (AvgIpc) is 2.65. The van der Waals surface area contributed by atoms with Crippen LogP contribution in [0.5, 0.6) is 0 Å². The summed E-state index contributed by atoms with van der Waals surface area (Å²) in [4.78, 5) is 0. The minimum Gasteiger partial charge on any atom is -0.260 e. The molecule has 0 bridgehead atoms. The number of hydrogen-bond donors (Lipinski definition) is 0. The Bertz CT molecular complexity index is 316. The van der Waals surface area contributed by atoms with Gasteiger partial charge in [-0.05, 0) is 25.2 Å². The highest BCUT2D eigenvalue weighted by atomic mass is 32.2. The third kappa shape index (κ3) is 2.20. The van der Waals surface area contributed by atoms with E-state index < -0.39 is 27.1 Å². The monoisotopic (exact) mass is 232 g/mol. The molecule has 0 aromatic carbocycles. The molecule has 0 radical (unpaired) electrons. The molecule has 14 heavy (non-hydrogen) atoms. The first-order valence-electron chi connectivity index (χ1n) is 4.08. The number of hydrogen-bond acceptors (Lipinski definition) is 3. The van der Waals surface area contributed by atoms with E-state index in [1.54, 1.807) is 6.92 Å². The Balaban J connectivity index is 2.69. The van der Waals surface area contributed by atoms with Crippen molar-refractivity contribution in [1.29, 1.82) is 0 Å². The Labute approximate surface area is 80.4 Å². The summed E-state index contributed by atoms with van der Waals surface area (Å²) in [6.45, 7) is 3.04. The second-order valence-electron chi connectivity index (χ2n) is 3.79. The molecule has 1 rings (SSSR count). The van der Waals surface area contributed by atoms with Crippen molar-refractivity contribution in [2.75, 3.05) is 0 Å². The molecule has 84 valence electrons. The normalized spacial score (nSPS) is 23.2. The topological polar surface area (TPSA) is 43.4 Å².